The van der Waals surface area contributed by atoms with Gasteiger partial charge in [-0.25, -0.2) is 9.67 Å². The topological polar surface area (TPSA) is 81.8 Å². The number of benzene rings is 2. The predicted molar refractivity (Wildman–Crippen MR) is 109 cm³/mol. The van der Waals surface area contributed by atoms with Crippen molar-refractivity contribution in [2.45, 2.75) is 13.1 Å². The SMILES string of the molecule is O=C(Cn1cnc2ccc(Br)cc2c1=O)NCc1cnn(-c2ccccc2)c1. The Balaban J connectivity index is 1.43. The van der Waals surface area contributed by atoms with E-state index in [9.17, 15) is 9.59 Å². The minimum absolute atomic E-state index is 0.0961. The Hall–Kier alpha value is -3.26. The maximum atomic E-state index is 12.6. The summed E-state index contributed by atoms with van der Waals surface area (Å²) >= 11 is 3.35. The van der Waals surface area contributed by atoms with E-state index >= 15 is 0 Å². The molecular weight excluding hydrogens is 422 g/mol. The number of aromatic nitrogens is 4. The summed E-state index contributed by atoms with van der Waals surface area (Å²) in [5.41, 5.74) is 2.15. The van der Waals surface area contributed by atoms with Crippen LogP contribution in [0.2, 0.25) is 0 Å². The molecule has 1 amide bonds. The van der Waals surface area contributed by atoms with E-state index in [0.717, 1.165) is 15.7 Å². The second-order valence-electron chi connectivity index (χ2n) is 6.24. The second-order valence-corrected chi connectivity index (χ2v) is 7.16. The molecule has 1 N–H and O–H groups in total. The number of nitrogens with zero attached hydrogens (tertiary/aromatic N) is 4. The lowest BCUT2D eigenvalue weighted by atomic mass is 10.2. The summed E-state index contributed by atoms with van der Waals surface area (Å²) in [5, 5.41) is 7.58. The standard InChI is InChI=1S/C20H16BrN5O2/c21-15-6-7-18-17(8-15)20(28)25(13-23-18)12-19(27)22-9-14-10-24-26(11-14)16-4-2-1-3-5-16/h1-8,10-11,13H,9,12H2,(H,22,27). The Bertz CT molecular complexity index is 1200. The third-order valence-corrected chi connectivity index (χ3v) is 4.74. The van der Waals surface area contributed by atoms with E-state index in [1.165, 1.54) is 10.9 Å². The first-order valence-corrected chi connectivity index (χ1v) is 9.40. The van der Waals surface area contributed by atoms with E-state index in [4.69, 9.17) is 0 Å². The van der Waals surface area contributed by atoms with Crippen molar-refractivity contribution in [2.24, 2.45) is 0 Å². The van der Waals surface area contributed by atoms with Gasteiger partial charge in [0.05, 0.1) is 29.1 Å². The average molecular weight is 438 g/mol. The van der Waals surface area contributed by atoms with Crippen LogP contribution in [0, 0.1) is 0 Å². The number of carbonyl (C=O) groups is 1. The van der Waals surface area contributed by atoms with E-state index in [0.29, 0.717) is 17.4 Å². The fourth-order valence-corrected chi connectivity index (χ4v) is 3.19. The van der Waals surface area contributed by atoms with Gasteiger partial charge in [-0.1, -0.05) is 34.1 Å². The van der Waals surface area contributed by atoms with Gasteiger partial charge in [-0.05, 0) is 30.3 Å². The van der Waals surface area contributed by atoms with Crippen LogP contribution in [-0.2, 0) is 17.9 Å². The van der Waals surface area contributed by atoms with Crippen LogP contribution in [0.15, 0.2) is 76.5 Å². The van der Waals surface area contributed by atoms with Crippen molar-refractivity contribution in [1.29, 1.82) is 0 Å². The van der Waals surface area contributed by atoms with Crippen molar-refractivity contribution in [3.63, 3.8) is 0 Å². The van der Waals surface area contributed by atoms with Gasteiger partial charge in [0.15, 0.2) is 0 Å². The molecule has 7 nitrogen and oxygen atoms in total. The summed E-state index contributed by atoms with van der Waals surface area (Å²) in [5.74, 6) is -0.272. The highest BCUT2D eigenvalue weighted by atomic mass is 79.9. The number of carbonyl (C=O) groups excluding carboxylic acids is 1. The molecule has 2 heterocycles. The van der Waals surface area contributed by atoms with Crippen LogP contribution in [-0.4, -0.2) is 25.2 Å². The number of hydrogen-bond donors (Lipinski definition) is 1. The van der Waals surface area contributed by atoms with E-state index in [1.54, 1.807) is 23.0 Å². The monoisotopic (exact) mass is 437 g/mol. The van der Waals surface area contributed by atoms with Crippen LogP contribution in [0.3, 0.4) is 0 Å². The van der Waals surface area contributed by atoms with E-state index < -0.39 is 0 Å². The maximum absolute atomic E-state index is 12.6. The molecule has 0 atom stereocenters. The third kappa shape index (κ3) is 3.86. The molecule has 0 radical (unpaired) electrons. The highest BCUT2D eigenvalue weighted by Gasteiger charge is 2.09. The van der Waals surface area contributed by atoms with Crippen molar-refractivity contribution >= 4 is 32.7 Å². The molecule has 0 aliphatic carbocycles. The van der Waals surface area contributed by atoms with Crippen LogP contribution >= 0.6 is 15.9 Å². The van der Waals surface area contributed by atoms with Gasteiger partial charge >= 0.3 is 0 Å². The zero-order chi connectivity index (χ0) is 19.5. The fraction of sp³-hybridized carbons (Fsp3) is 0.100. The molecule has 0 saturated carbocycles. The number of fused-ring (bicyclic) bond motifs is 1. The lowest BCUT2D eigenvalue weighted by molar-refractivity contribution is -0.121. The molecule has 0 unspecified atom stereocenters. The first-order valence-electron chi connectivity index (χ1n) is 8.60. The van der Waals surface area contributed by atoms with Gasteiger partial charge in [-0.2, -0.15) is 5.10 Å². The van der Waals surface area contributed by atoms with Crippen molar-refractivity contribution < 1.29 is 4.79 Å². The molecule has 8 heteroatoms. The van der Waals surface area contributed by atoms with Crippen LogP contribution in [0.5, 0.6) is 0 Å². The van der Waals surface area contributed by atoms with Gasteiger partial charge in [0.25, 0.3) is 5.56 Å². The van der Waals surface area contributed by atoms with Gasteiger partial charge < -0.3 is 5.32 Å². The lowest BCUT2D eigenvalue weighted by Gasteiger charge is -2.07. The Morgan fingerprint density at radius 1 is 1.14 bits per heavy atom. The Kier molecular flexibility index (Phi) is 5.03. The summed E-state index contributed by atoms with van der Waals surface area (Å²) in [6.45, 7) is 0.230. The van der Waals surface area contributed by atoms with Crippen LogP contribution in [0.25, 0.3) is 16.6 Å². The smallest absolute Gasteiger partial charge is 0.261 e. The van der Waals surface area contributed by atoms with Crippen LogP contribution < -0.4 is 10.9 Å². The molecule has 0 aliphatic rings. The normalized spacial score (nSPS) is 10.9. The quantitative estimate of drug-likeness (QED) is 0.520. The predicted octanol–water partition coefficient (Wildman–Crippen LogP) is 2.66. The average Bonchev–Trinajstić information content (AvgIpc) is 3.19. The number of rotatable bonds is 5. The van der Waals surface area contributed by atoms with Crippen molar-refractivity contribution in [2.75, 3.05) is 0 Å². The van der Waals surface area contributed by atoms with Gasteiger partial charge in [0.2, 0.25) is 5.91 Å². The number of nitrogens with one attached hydrogen (secondary N) is 1. The number of amides is 1. The van der Waals surface area contributed by atoms with E-state index in [-0.39, 0.29) is 18.0 Å². The largest absolute Gasteiger partial charge is 0.350 e. The zero-order valence-corrected chi connectivity index (χ0v) is 16.3. The second kappa shape index (κ2) is 7.77. The molecule has 0 saturated heterocycles. The Labute approximate surface area is 168 Å². The zero-order valence-electron chi connectivity index (χ0n) is 14.7. The molecule has 2 aromatic heterocycles. The molecule has 0 bridgehead atoms. The fourth-order valence-electron chi connectivity index (χ4n) is 2.83. The lowest BCUT2D eigenvalue weighted by Crippen LogP contribution is -2.32. The van der Waals surface area contributed by atoms with Gasteiger partial charge in [0, 0.05) is 22.8 Å². The summed E-state index contributed by atoms with van der Waals surface area (Å²) in [6, 6.07) is 15.0. The molecule has 28 heavy (non-hydrogen) atoms. The first-order chi connectivity index (χ1) is 13.6. The number of para-hydroxylation sites is 1. The molecular formula is C20H16BrN5O2. The Morgan fingerprint density at radius 3 is 2.79 bits per heavy atom. The molecule has 2 aromatic carbocycles. The Morgan fingerprint density at radius 2 is 1.96 bits per heavy atom. The molecule has 0 spiro atoms. The highest BCUT2D eigenvalue weighted by Crippen LogP contribution is 2.14. The van der Waals surface area contributed by atoms with Crippen molar-refractivity contribution in [3.8, 4) is 5.69 Å². The highest BCUT2D eigenvalue weighted by molar-refractivity contribution is 9.10. The minimum atomic E-state index is -0.272. The van der Waals surface area contributed by atoms with Gasteiger partial charge in [-0.15, -0.1) is 0 Å². The van der Waals surface area contributed by atoms with Crippen molar-refractivity contribution in [3.05, 3.63) is 87.6 Å². The van der Waals surface area contributed by atoms with E-state index in [1.807, 2.05) is 42.6 Å². The van der Waals surface area contributed by atoms with Gasteiger partial charge in [-0.3, -0.25) is 14.2 Å². The minimum Gasteiger partial charge on any atom is -0.350 e. The molecule has 4 aromatic rings. The molecule has 140 valence electrons. The number of hydrogen-bond acceptors (Lipinski definition) is 4. The van der Waals surface area contributed by atoms with E-state index in [2.05, 4.69) is 31.3 Å². The number of halogens is 1. The summed E-state index contributed by atoms with van der Waals surface area (Å²) in [7, 11) is 0. The molecule has 0 aliphatic heterocycles. The maximum Gasteiger partial charge on any atom is 0.261 e. The molecule has 0 fully saturated rings. The molecule has 4 rings (SSSR count). The summed E-state index contributed by atoms with van der Waals surface area (Å²) in [6.07, 6.45) is 4.96. The summed E-state index contributed by atoms with van der Waals surface area (Å²) < 4.78 is 3.84. The summed E-state index contributed by atoms with van der Waals surface area (Å²) in [4.78, 5) is 29.1. The first kappa shape index (κ1) is 18.1. The third-order valence-electron chi connectivity index (χ3n) is 4.25. The van der Waals surface area contributed by atoms with Crippen molar-refractivity contribution in [1.82, 2.24) is 24.6 Å². The van der Waals surface area contributed by atoms with Crippen LogP contribution in [0.4, 0.5) is 0 Å². The van der Waals surface area contributed by atoms with Crippen LogP contribution in [0.1, 0.15) is 5.56 Å². The van der Waals surface area contributed by atoms with Gasteiger partial charge in [0.1, 0.15) is 6.54 Å².